The number of rotatable bonds is 0. The van der Waals surface area contributed by atoms with E-state index in [9.17, 15) is 4.48 Å². The molecule has 0 aromatic rings. The van der Waals surface area contributed by atoms with Gasteiger partial charge in [-0.25, -0.2) is 0 Å². The maximum absolute atomic E-state index is 10.7. The van der Waals surface area contributed by atoms with Crippen LogP contribution in [-0.2, 0) is 0 Å². The van der Waals surface area contributed by atoms with Gasteiger partial charge in [0.25, 0.3) is 0 Å². The topological polar surface area (TPSA) is 3.24 Å². The molecule has 0 bridgehead atoms. The van der Waals surface area contributed by atoms with Crippen LogP contribution in [0.5, 0.6) is 0 Å². The molecular formula is HFINS. The lowest BCUT2D eigenvalue weighted by Gasteiger charge is -1.76. The van der Waals surface area contributed by atoms with E-state index in [1.54, 1.807) is 0 Å². The third kappa shape index (κ3) is 12.3. The highest BCUT2D eigenvalue weighted by Gasteiger charge is 1.70. The second-order valence-corrected chi connectivity index (χ2v) is 2.18. The molecule has 0 aromatic heterocycles. The fourth-order valence-corrected chi connectivity index (χ4v) is 0. The van der Waals surface area contributed by atoms with Crippen LogP contribution in [-0.4, -0.2) is 2.74 Å². The lowest BCUT2D eigenvalue weighted by Crippen LogP contribution is -1.64. The highest BCUT2D eigenvalue weighted by molar-refractivity contribution is 14.1. The lowest BCUT2D eigenvalue weighted by atomic mass is 13.8. The van der Waals surface area contributed by atoms with Crippen LogP contribution in [0.25, 0.3) is 0 Å². The van der Waals surface area contributed by atoms with Gasteiger partial charge in [0, 0.05) is 0 Å². The Morgan fingerprint density at radius 1 is 2.00 bits per heavy atom. The molecule has 0 rings (SSSR count). The van der Waals surface area contributed by atoms with E-state index in [0.717, 1.165) is 0 Å². The van der Waals surface area contributed by atoms with Crippen molar-refractivity contribution in [1.29, 1.82) is 0 Å². The zero-order valence-corrected chi connectivity index (χ0v) is 4.70. The molecule has 4 heavy (non-hydrogen) atoms. The van der Waals surface area contributed by atoms with Gasteiger partial charge in [0.05, 0.1) is 22.9 Å². The monoisotopic (exact) mass is 193 g/mol. The van der Waals surface area contributed by atoms with Crippen LogP contribution in [0, 0.1) is 0 Å². The van der Waals surface area contributed by atoms with Gasteiger partial charge in [-0.1, -0.05) is 12.8 Å². The summed E-state index contributed by atoms with van der Waals surface area (Å²) in [5, 5.41) is 0. The average molecular weight is 193 g/mol. The number of hydrogen-bond donors (Lipinski definition) is 1. The first-order chi connectivity index (χ1) is 1.73. The van der Waals surface area contributed by atoms with Gasteiger partial charge in [0.2, 0.25) is 0 Å². The SMILES string of the molecule is FN(S)I. The number of nitrogens with zero attached hydrogens (tertiary/aromatic N) is 1. The molecule has 1 nitrogen and oxygen atoms in total. The molecule has 0 saturated carbocycles. The van der Waals surface area contributed by atoms with Crippen LogP contribution in [0.3, 0.4) is 0 Å². The van der Waals surface area contributed by atoms with Crippen molar-refractivity contribution >= 4 is 35.7 Å². The van der Waals surface area contributed by atoms with E-state index >= 15 is 0 Å². The Morgan fingerprint density at radius 3 is 2.00 bits per heavy atom. The molecule has 0 fully saturated rings. The fourth-order valence-electron chi connectivity index (χ4n) is 0. The molecular weight excluding hydrogens is 192 g/mol. The maximum Gasteiger partial charge on any atom is 0.0705 e. The average Bonchev–Trinajstić information content (AvgIpc) is 0.811. The van der Waals surface area contributed by atoms with E-state index in [1.807, 2.05) is 0 Å². The molecule has 0 unspecified atom stereocenters. The van der Waals surface area contributed by atoms with Gasteiger partial charge in [-0.2, -0.15) is 0 Å². The number of halogens is 2. The van der Waals surface area contributed by atoms with Crippen LogP contribution >= 0.6 is 35.7 Å². The molecule has 26 valence electrons. The van der Waals surface area contributed by atoms with Crippen LogP contribution in [0.4, 0.5) is 4.48 Å². The summed E-state index contributed by atoms with van der Waals surface area (Å²) in [6.45, 7) is 0. The van der Waals surface area contributed by atoms with E-state index in [2.05, 4.69) is 12.8 Å². The summed E-state index contributed by atoms with van der Waals surface area (Å²) in [4.78, 5) is 0. The Kier molecular flexibility index (Phi) is 2.76. The minimum atomic E-state index is 0.164. The van der Waals surface area contributed by atoms with Crippen molar-refractivity contribution in [1.82, 2.24) is 2.74 Å². The van der Waals surface area contributed by atoms with Gasteiger partial charge in [0.1, 0.15) is 0 Å². The Hall–Kier alpha value is 0.970. The van der Waals surface area contributed by atoms with Crippen molar-refractivity contribution in [2.75, 3.05) is 0 Å². The van der Waals surface area contributed by atoms with Crippen molar-refractivity contribution in [3.63, 3.8) is 0 Å². The highest BCUT2D eigenvalue weighted by atomic mass is 127. The fraction of sp³-hybridized carbons (Fsp3) is 0. The molecule has 0 radical (unpaired) electrons. The molecule has 0 amide bonds. The second kappa shape index (κ2) is 2.22. The van der Waals surface area contributed by atoms with Gasteiger partial charge in [0.15, 0.2) is 0 Å². The summed E-state index contributed by atoms with van der Waals surface area (Å²) in [6.07, 6.45) is 0. The van der Waals surface area contributed by atoms with Crippen LogP contribution < -0.4 is 0 Å². The maximum atomic E-state index is 10.7. The summed E-state index contributed by atoms with van der Waals surface area (Å²) < 4.78 is 10.8. The Morgan fingerprint density at radius 2 is 2.00 bits per heavy atom. The van der Waals surface area contributed by atoms with Crippen molar-refractivity contribution in [2.24, 2.45) is 0 Å². The minimum Gasteiger partial charge on any atom is -0.112 e. The van der Waals surface area contributed by atoms with Crippen molar-refractivity contribution in [2.45, 2.75) is 0 Å². The van der Waals surface area contributed by atoms with E-state index in [1.165, 1.54) is 22.9 Å². The third-order valence-corrected chi connectivity index (χ3v) is 0. The summed E-state index contributed by atoms with van der Waals surface area (Å²) in [5.41, 5.74) is 0. The summed E-state index contributed by atoms with van der Waals surface area (Å²) in [7, 11) is 0. The van der Waals surface area contributed by atoms with Crippen molar-refractivity contribution in [3.8, 4) is 0 Å². The number of hydrogen-bond acceptors (Lipinski definition) is 2. The molecule has 0 aliphatic heterocycles. The van der Waals surface area contributed by atoms with Crippen LogP contribution in [0.15, 0.2) is 0 Å². The second-order valence-electron chi connectivity index (χ2n) is 0.215. The smallest absolute Gasteiger partial charge is 0.0705 e. The summed E-state index contributed by atoms with van der Waals surface area (Å²) in [5.74, 6) is 0. The first-order valence-electron chi connectivity index (χ1n) is 0.538. The largest absolute Gasteiger partial charge is 0.112 e. The molecule has 0 aliphatic rings. The van der Waals surface area contributed by atoms with Crippen LogP contribution in [0.2, 0.25) is 0 Å². The zero-order chi connectivity index (χ0) is 3.58. The van der Waals surface area contributed by atoms with Crippen molar-refractivity contribution < 1.29 is 4.48 Å². The zero-order valence-electron chi connectivity index (χ0n) is 1.65. The van der Waals surface area contributed by atoms with E-state index < -0.39 is 0 Å². The van der Waals surface area contributed by atoms with Gasteiger partial charge in [-0.3, -0.25) is 0 Å². The molecule has 4 heteroatoms. The normalized spacial score (nSPS) is 9.00. The predicted octanol–water partition coefficient (Wildman–Crippen LogP) is 1.37. The van der Waals surface area contributed by atoms with Crippen molar-refractivity contribution in [3.05, 3.63) is 0 Å². The first kappa shape index (κ1) is 4.97. The lowest BCUT2D eigenvalue weighted by molar-refractivity contribution is 0.335. The molecule has 0 aromatic carbocycles. The van der Waals surface area contributed by atoms with Gasteiger partial charge in [-0.15, -0.1) is 4.48 Å². The van der Waals surface area contributed by atoms with Crippen LogP contribution in [0.1, 0.15) is 0 Å². The van der Waals surface area contributed by atoms with E-state index in [0.29, 0.717) is 0 Å². The number of thiol groups is 1. The van der Waals surface area contributed by atoms with Gasteiger partial charge in [-0.05, 0) is 2.74 Å². The quantitative estimate of drug-likeness (QED) is 0.345. The standard InChI is InChI=1S/FHINS/c1-3(2)4/h4H. The minimum absolute atomic E-state index is 0.164. The molecule has 0 atom stereocenters. The molecule has 0 heterocycles. The third-order valence-electron chi connectivity index (χ3n) is 0. The summed E-state index contributed by atoms with van der Waals surface area (Å²) >= 11 is 4.49. The Bertz CT molecular complexity index is 12.8. The summed E-state index contributed by atoms with van der Waals surface area (Å²) in [6, 6.07) is 0. The van der Waals surface area contributed by atoms with E-state index in [4.69, 9.17) is 0 Å². The van der Waals surface area contributed by atoms with E-state index in [-0.39, 0.29) is 2.74 Å². The first-order valence-corrected chi connectivity index (χ1v) is 1.90. The highest BCUT2D eigenvalue weighted by Crippen LogP contribution is 1.98. The Balaban J connectivity index is 2.32. The van der Waals surface area contributed by atoms with Gasteiger partial charge >= 0.3 is 0 Å². The predicted molar refractivity (Wildman–Crippen MR) is 26.0 cm³/mol. The molecule has 0 saturated heterocycles. The van der Waals surface area contributed by atoms with Gasteiger partial charge < -0.3 is 0 Å². The molecule has 0 N–H and O–H groups in total. The Labute approximate surface area is 43.1 Å². The molecule has 0 spiro atoms. The molecule has 0 aliphatic carbocycles.